The molecule has 1 aromatic carbocycles. The number of imidazole rings is 1. The normalized spacial score (nSPS) is 10.5. The van der Waals surface area contributed by atoms with Crippen molar-refractivity contribution in [2.45, 2.75) is 6.92 Å². The molecule has 0 fully saturated rings. The molecule has 3 aromatic rings. The van der Waals surface area contributed by atoms with Gasteiger partial charge in [-0.1, -0.05) is 30.3 Å². The third-order valence-electron chi connectivity index (χ3n) is 3.26. The topological polar surface area (TPSA) is 63.5 Å². The van der Waals surface area contributed by atoms with Gasteiger partial charge in [0.2, 0.25) is 6.29 Å². The van der Waals surface area contributed by atoms with E-state index in [0.29, 0.717) is 11.5 Å². The van der Waals surface area contributed by atoms with Crippen LogP contribution >= 0.6 is 0 Å². The van der Waals surface area contributed by atoms with E-state index in [2.05, 4.69) is 10.3 Å². The Labute approximate surface area is 121 Å². The van der Waals surface area contributed by atoms with Crippen LogP contribution in [0.15, 0.2) is 48.7 Å². The summed E-state index contributed by atoms with van der Waals surface area (Å²) in [6, 6.07) is 13.7. The van der Waals surface area contributed by atoms with Gasteiger partial charge in [-0.05, 0) is 24.6 Å². The largest absolute Gasteiger partial charge is 0.304 e. The highest BCUT2D eigenvalue weighted by Gasteiger charge is 2.14. The molecule has 5 nitrogen and oxygen atoms in total. The fourth-order valence-corrected chi connectivity index (χ4v) is 2.32. The number of hydrogen-bond acceptors (Lipinski definition) is 3. The van der Waals surface area contributed by atoms with Crippen molar-refractivity contribution in [2.24, 2.45) is 0 Å². The number of rotatable bonds is 3. The monoisotopic (exact) mass is 279 g/mol. The van der Waals surface area contributed by atoms with Crippen LogP contribution in [-0.2, 0) is 9.59 Å². The number of hydrogen-bond donors (Lipinski definition) is 1. The molecule has 1 amide bonds. The summed E-state index contributed by atoms with van der Waals surface area (Å²) in [7, 11) is 0. The Morgan fingerprint density at radius 2 is 1.95 bits per heavy atom. The number of nitrogens with one attached hydrogen (secondary N) is 1. The molecule has 104 valence electrons. The van der Waals surface area contributed by atoms with Gasteiger partial charge in [0, 0.05) is 11.8 Å². The molecule has 0 bridgehead atoms. The van der Waals surface area contributed by atoms with Gasteiger partial charge in [-0.15, -0.1) is 0 Å². The van der Waals surface area contributed by atoms with E-state index in [9.17, 15) is 9.59 Å². The van der Waals surface area contributed by atoms with E-state index in [4.69, 9.17) is 0 Å². The lowest BCUT2D eigenvalue weighted by molar-refractivity contribution is -0.127. The molecule has 1 N–H and O–H groups in total. The third-order valence-corrected chi connectivity index (χ3v) is 3.26. The fourth-order valence-electron chi connectivity index (χ4n) is 2.32. The van der Waals surface area contributed by atoms with Crippen LogP contribution in [0, 0.1) is 6.92 Å². The highest BCUT2D eigenvalue weighted by molar-refractivity contribution is 6.29. The van der Waals surface area contributed by atoms with E-state index in [1.54, 1.807) is 11.3 Å². The number of aldehydes is 1. The van der Waals surface area contributed by atoms with Gasteiger partial charge in [0.05, 0.1) is 5.69 Å². The molecular formula is C16H13N3O2. The average molecular weight is 279 g/mol. The number of aryl methyl sites for hydroxylation is 1. The minimum Gasteiger partial charge on any atom is -0.304 e. The number of nitrogens with zero attached hydrogens (tertiary/aromatic N) is 2. The number of carbonyl (C=O) groups excluding carboxylic acids is 2. The van der Waals surface area contributed by atoms with E-state index in [0.717, 1.165) is 16.8 Å². The number of amides is 1. The van der Waals surface area contributed by atoms with Crippen molar-refractivity contribution >= 4 is 23.7 Å². The van der Waals surface area contributed by atoms with Crippen LogP contribution in [0.3, 0.4) is 0 Å². The summed E-state index contributed by atoms with van der Waals surface area (Å²) < 4.78 is 1.78. The number of anilines is 1. The molecule has 0 saturated carbocycles. The molecule has 0 saturated heterocycles. The predicted molar refractivity (Wildman–Crippen MR) is 80.1 cm³/mol. The van der Waals surface area contributed by atoms with Crippen molar-refractivity contribution in [1.29, 1.82) is 0 Å². The molecule has 3 rings (SSSR count). The molecule has 0 unspecified atom stereocenters. The Hall–Kier alpha value is -2.95. The van der Waals surface area contributed by atoms with Gasteiger partial charge < -0.3 is 5.32 Å². The van der Waals surface area contributed by atoms with Gasteiger partial charge in [-0.2, -0.15) is 0 Å². The number of fused-ring (bicyclic) bond motifs is 1. The smallest absolute Gasteiger partial charge is 0.289 e. The molecule has 0 radical (unpaired) electrons. The van der Waals surface area contributed by atoms with Crippen LogP contribution in [0.2, 0.25) is 0 Å². The molecule has 21 heavy (non-hydrogen) atoms. The van der Waals surface area contributed by atoms with Crippen LogP contribution in [0.1, 0.15) is 5.69 Å². The minimum absolute atomic E-state index is 0.250. The van der Waals surface area contributed by atoms with E-state index >= 15 is 0 Å². The van der Waals surface area contributed by atoms with Crippen molar-refractivity contribution in [3.05, 3.63) is 54.4 Å². The van der Waals surface area contributed by atoms with Gasteiger partial charge in [0.25, 0.3) is 5.91 Å². The predicted octanol–water partition coefficient (Wildman–Crippen LogP) is 2.45. The number of benzene rings is 1. The maximum atomic E-state index is 11.3. The third kappa shape index (κ3) is 2.29. The second-order valence-electron chi connectivity index (χ2n) is 4.63. The van der Waals surface area contributed by atoms with Crippen molar-refractivity contribution < 1.29 is 9.59 Å². The summed E-state index contributed by atoms with van der Waals surface area (Å²) in [5, 5.41) is 2.56. The Bertz CT molecular complexity index is 822. The van der Waals surface area contributed by atoms with E-state index < -0.39 is 5.91 Å². The van der Waals surface area contributed by atoms with Gasteiger partial charge in [0.1, 0.15) is 11.5 Å². The number of pyridine rings is 1. The second kappa shape index (κ2) is 5.20. The molecule has 5 heteroatoms. The quantitative estimate of drug-likeness (QED) is 0.591. The lowest BCUT2D eigenvalue weighted by Gasteiger charge is -2.06. The Morgan fingerprint density at radius 3 is 2.67 bits per heavy atom. The summed E-state index contributed by atoms with van der Waals surface area (Å²) >= 11 is 0. The van der Waals surface area contributed by atoms with Crippen LogP contribution in [0.25, 0.3) is 16.8 Å². The average Bonchev–Trinajstić information content (AvgIpc) is 2.84. The molecule has 0 aliphatic rings. The van der Waals surface area contributed by atoms with Crippen LogP contribution in [0.5, 0.6) is 0 Å². The zero-order chi connectivity index (χ0) is 14.8. The SMILES string of the molecule is Cc1nc2c(-c3ccccc3)cccn2c1NC(=O)C=O. The van der Waals surface area contributed by atoms with Gasteiger partial charge in [-0.3, -0.25) is 14.0 Å². The van der Waals surface area contributed by atoms with Gasteiger partial charge >= 0.3 is 0 Å². The lowest BCUT2D eigenvalue weighted by Crippen LogP contribution is -2.14. The first-order valence-corrected chi connectivity index (χ1v) is 6.50. The fraction of sp³-hybridized carbons (Fsp3) is 0.0625. The zero-order valence-corrected chi connectivity index (χ0v) is 11.4. The summed E-state index contributed by atoms with van der Waals surface area (Å²) in [6.07, 6.45) is 2.06. The lowest BCUT2D eigenvalue weighted by atomic mass is 10.1. The summed E-state index contributed by atoms with van der Waals surface area (Å²) in [5.74, 6) is -0.176. The molecule has 0 spiro atoms. The molecular weight excluding hydrogens is 266 g/mol. The highest BCUT2D eigenvalue weighted by atomic mass is 16.2. The minimum atomic E-state index is -0.690. The van der Waals surface area contributed by atoms with Crippen LogP contribution in [0.4, 0.5) is 5.82 Å². The van der Waals surface area contributed by atoms with E-state index in [1.165, 1.54) is 0 Å². The standard InChI is InChI=1S/C16H13N3O2/c1-11-15(18-14(21)10-20)19-9-5-8-13(16(19)17-11)12-6-3-2-4-7-12/h2-10H,1H3,(H,18,21). The van der Waals surface area contributed by atoms with Gasteiger partial charge in [0.15, 0.2) is 0 Å². The molecule has 0 atom stereocenters. The maximum Gasteiger partial charge on any atom is 0.289 e. The zero-order valence-electron chi connectivity index (χ0n) is 11.4. The van der Waals surface area contributed by atoms with Crippen LogP contribution < -0.4 is 5.32 Å². The van der Waals surface area contributed by atoms with Gasteiger partial charge in [-0.25, -0.2) is 4.98 Å². The van der Waals surface area contributed by atoms with Crippen molar-refractivity contribution in [3.63, 3.8) is 0 Å². The molecule has 2 heterocycles. The first kappa shape index (κ1) is 13.1. The molecule has 0 aliphatic carbocycles. The van der Waals surface area contributed by atoms with Crippen molar-refractivity contribution in [1.82, 2.24) is 9.38 Å². The van der Waals surface area contributed by atoms with Crippen molar-refractivity contribution in [3.8, 4) is 11.1 Å². The van der Waals surface area contributed by atoms with E-state index in [1.807, 2.05) is 48.7 Å². The molecule has 0 aliphatic heterocycles. The van der Waals surface area contributed by atoms with Crippen LogP contribution in [-0.4, -0.2) is 21.6 Å². The van der Waals surface area contributed by atoms with E-state index in [-0.39, 0.29) is 6.29 Å². The summed E-state index contributed by atoms with van der Waals surface area (Å²) in [5.41, 5.74) is 3.41. The Morgan fingerprint density at radius 1 is 1.19 bits per heavy atom. The maximum absolute atomic E-state index is 11.3. The first-order chi connectivity index (χ1) is 10.2. The number of carbonyl (C=O) groups is 2. The Balaban J connectivity index is 2.20. The second-order valence-corrected chi connectivity index (χ2v) is 4.63. The summed E-state index contributed by atoms with van der Waals surface area (Å²) in [6.45, 7) is 1.79. The highest BCUT2D eigenvalue weighted by Crippen LogP contribution is 2.27. The first-order valence-electron chi connectivity index (χ1n) is 6.50. The summed E-state index contributed by atoms with van der Waals surface area (Å²) in [4.78, 5) is 26.3. The Kier molecular flexibility index (Phi) is 3.23. The molecule has 2 aromatic heterocycles. The van der Waals surface area contributed by atoms with Crippen molar-refractivity contribution in [2.75, 3.05) is 5.32 Å². The number of aromatic nitrogens is 2.